The number of ketones is 1. The highest BCUT2D eigenvalue weighted by Gasteiger charge is 1.97. The van der Waals surface area contributed by atoms with Crippen molar-refractivity contribution >= 4 is 17.9 Å². The lowest BCUT2D eigenvalue weighted by atomic mass is 10.1. The van der Waals surface area contributed by atoms with Crippen molar-refractivity contribution < 1.29 is 9.53 Å². The first kappa shape index (κ1) is 13.1. The van der Waals surface area contributed by atoms with Crippen molar-refractivity contribution in [1.29, 1.82) is 0 Å². The Balaban J connectivity index is 2.10. The van der Waals surface area contributed by atoms with E-state index in [1.807, 2.05) is 60.7 Å². The van der Waals surface area contributed by atoms with E-state index in [4.69, 9.17) is 4.74 Å². The summed E-state index contributed by atoms with van der Waals surface area (Å²) in [6.45, 7) is 1.57. The van der Waals surface area contributed by atoms with E-state index in [0.717, 1.165) is 22.4 Å². The molecule has 2 aromatic rings. The van der Waals surface area contributed by atoms with E-state index in [1.165, 1.54) is 0 Å². The first-order chi connectivity index (χ1) is 9.19. The maximum Gasteiger partial charge on any atom is 0.159 e. The summed E-state index contributed by atoms with van der Waals surface area (Å²) in [6.07, 6.45) is 4.05. The van der Waals surface area contributed by atoms with Crippen LogP contribution in [0, 0.1) is 0 Å². The lowest BCUT2D eigenvalue weighted by molar-refractivity contribution is 0.101. The van der Waals surface area contributed by atoms with E-state index in [0.29, 0.717) is 0 Å². The number of hydrogen-bond donors (Lipinski definition) is 0. The second-order valence-corrected chi connectivity index (χ2v) is 4.28. The van der Waals surface area contributed by atoms with Crippen LogP contribution in [0.2, 0.25) is 0 Å². The van der Waals surface area contributed by atoms with Gasteiger partial charge < -0.3 is 4.74 Å². The topological polar surface area (TPSA) is 26.3 Å². The van der Waals surface area contributed by atoms with E-state index in [9.17, 15) is 4.79 Å². The molecule has 0 aliphatic carbocycles. The molecule has 0 saturated carbocycles. The summed E-state index contributed by atoms with van der Waals surface area (Å²) in [7, 11) is 1.65. The molecule has 19 heavy (non-hydrogen) atoms. The van der Waals surface area contributed by atoms with Crippen LogP contribution < -0.4 is 4.74 Å². The molecule has 0 fully saturated rings. The number of ether oxygens (including phenoxy) is 1. The number of carbonyl (C=O) groups excluding carboxylic acids is 1. The Labute approximate surface area is 113 Å². The van der Waals surface area contributed by atoms with Gasteiger partial charge in [-0.1, -0.05) is 48.6 Å². The van der Waals surface area contributed by atoms with Gasteiger partial charge in [0.25, 0.3) is 0 Å². The van der Waals surface area contributed by atoms with Gasteiger partial charge in [0.05, 0.1) is 7.11 Å². The number of methoxy groups -OCH3 is 1. The van der Waals surface area contributed by atoms with Crippen LogP contribution in [0.5, 0.6) is 5.75 Å². The van der Waals surface area contributed by atoms with E-state index in [1.54, 1.807) is 14.0 Å². The van der Waals surface area contributed by atoms with Gasteiger partial charge in [-0.3, -0.25) is 4.79 Å². The molecule has 0 atom stereocenters. The lowest BCUT2D eigenvalue weighted by Gasteiger charge is -1.99. The molecule has 0 saturated heterocycles. The van der Waals surface area contributed by atoms with Crippen LogP contribution in [0.1, 0.15) is 28.4 Å². The second-order valence-electron chi connectivity index (χ2n) is 4.28. The Hall–Kier alpha value is -2.35. The lowest BCUT2D eigenvalue weighted by Crippen LogP contribution is -1.90. The summed E-state index contributed by atoms with van der Waals surface area (Å²) in [4.78, 5) is 11.2. The van der Waals surface area contributed by atoms with Crippen molar-refractivity contribution in [3.8, 4) is 5.75 Å². The summed E-state index contributed by atoms with van der Waals surface area (Å²) < 4.78 is 5.11. The molecule has 0 radical (unpaired) electrons. The van der Waals surface area contributed by atoms with Crippen LogP contribution in [-0.4, -0.2) is 12.9 Å². The Bertz CT molecular complexity index is 578. The third-order valence-corrected chi connectivity index (χ3v) is 2.90. The van der Waals surface area contributed by atoms with Gasteiger partial charge in [-0.05, 0) is 30.2 Å². The molecule has 0 N–H and O–H groups in total. The fourth-order valence-electron chi connectivity index (χ4n) is 1.74. The average molecular weight is 252 g/mol. The standard InChI is InChI=1S/C17H16O2/c1-13(18)16-9-5-14(6-10-16)3-4-15-7-11-17(19-2)12-8-15/h3-12H,1-2H3. The maximum absolute atomic E-state index is 11.2. The van der Waals surface area contributed by atoms with Crippen molar-refractivity contribution in [2.45, 2.75) is 6.92 Å². The molecular weight excluding hydrogens is 236 g/mol. The van der Waals surface area contributed by atoms with Gasteiger partial charge in [-0.25, -0.2) is 0 Å². The first-order valence-electron chi connectivity index (χ1n) is 6.12. The zero-order valence-corrected chi connectivity index (χ0v) is 11.1. The van der Waals surface area contributed by atoms with Crippen molar-refractivity contribution in [2.75, 3.05) is 7.11 Å². The van der Waals surface area contributed by atoms with E-state index in [-0.39, 0.29) is 5.78 Å². The summed E-state index contributed by atoms with van der Waals surface area (Å²) in [5, 5.41) is 0. The Kier molecular flexibility index (Phi) is 4.14. The van der Waals surface area contributed by atoms with Crippen LogP contribution in [0.4, 0.5) is 0 Å². The van der Waals surface area contributed by atoms with Crippen LogP contribution in [-0.2, 0) is 0 Å². The monoisotopic (exact) mass is 252 g/mol. The predicted molar refractivity (Wildman–Crippen MR) is 78.4 cm³/mol. The molecule has 0 aliphatic heterocycles. The van der Waals surface area contributed by atoms with Gasteiger partial charge >= 0.3 is 0 Å². The van der Waals surface area contributed by atoms with Gasteiger partial charge in [0.1, 0.15) is 5.75 Å². The van der Waals surface area contributed by atoms with Gasteiger partial charge in [0.2, 0.25) is 0 Å². The summed E-state index contributed by atoms with van der Waals surface area (Å²) in [6, 6.07) is 15.4. The molecule has 0 aliphatic rings. The highest BCUT2D eigenvalue weighted by Crippen LogP contribution is 2.14. The molecule has 0 spiro atoms. The van der Waals surface area contributed by atoms with Gasteiger partial charge in [0.15, 0.2) is 5.78 Å². The molecule has 0 heterocycles. The third kappa shape index (κ3) is 3.55. The minimum Gasteiger partial charge on any atom is -0.497 e. The zero-order valence-electron chi connectivity index (χ0n) is 11.1. The van der Waals surface area contributed by atoms with Crippen LogP contribution in [0.25, 0.3) is 12.2 Å². The fraction of sp³-hybridized carbons (Fsp3) is 0.118. The molecule has 96 valence electrons. The van der Waals surface area contributed by atoms with Crippen molar-refractivity contribution in [3.05, 3.63) is 65.2 Å². The average Bonchev–Trinajstić information content (AvgIpc) is 2.46. The second kappa shape index (κ2) is 6.01. The summed E-state index contributed by atoms with van der Waals surface area (Å²) in [5.74, 6) is 0.939. The number of Topliss-reactive ketones (excluding diaryl/α,β-unsaturated/α-hetero) is 1. The third-order valence-electron chi connectivity index (χ3n) is 2.90. The molecule has 2 nitrogen and oxygen atoms in total. The van der Waals surface area contributed by atoms with E-state index in [2.05, 4.69) is 0 Å². The number of carbonyl (C=O) groups is 1. The molecule has 0 aromatic heterocycles. The van der Waals surface area contributed by atoms with Crippen molar-refractivity contribution in [1.82, 2.24) is 0 Å². The minimum atomic E-state index is 0.0886. The number of benzene rings is 2. The van der Waals surface area contributed by atoms with Crippen molar-refractivity contribution in [2.24, 2.45) is 0 Å². The fourth-order valence-corrected chi connectivity index (χ4v) is 1.74. The molecule has 0 bridgehead atoms. The highest BCUT2D eigenvalue weighted by molar-refractivity contribution is 5.94. The Morgan fingerprint density at radius 2 is 1.37 bits per heavy atom. The quantitative estimate of drug-likeness (QED) is 0.605. The van der Waals surface area contributed by atoms with E-state index < -0.39 is 0 Å². The zero-order chi connectivity index (χ0) is 13.7. The maximum atomic E-state index is 11.2. The molecular formula is C17H16O2. The Morgan fingerprint density at radius 3 is 1.79 bits per heavy atom. The minimum absolute atomic E-state index is 0.0886. The molecule has 0 unspecified atom stereocenters. The van der Waals surface area contributed by atoms with E-state index >= 15 is 0 Å². The van der Waals surface area contributed by atoms with Crippen LogP contribution in [0.3, 0.4) is 0 Å². The van der Waals surface area contributed by atoms with Gasteiger partial charge in [-0.15, -0.1) is 0 Å². The van der Waals surface area contributed by atoms with Gasteiger partial charge in [-0.2, -0.15) is 0 Å². The Morgan fingerprint density at radius 1 is 0.895 bits per heavy atom. The summed E-state index contributed by atoms with van der Waals surface area (Å²) >= 11 is 0. The number of hydrogen-bond acceptors (Lipinski definition) is 2. The predicted octanol–water partition coefficient (Wildman–Crippen LogP) is 4.07. The van der Waals surface area contributed by atoms with Crippen molar-refractivity contribution in [3.63, 3.8) is 0 Å². The number of rotatable bonds is 4. The summed E-state index contributed by atoms with van der Waals surface area (Å²) in [5.41, 5.74) is 2.92. The largest absolute Gasteiger partial charge is 0.497 e. The first-order valence-corrected chi connectivity index (χ1v) is 6.12. The molecule has 2 aromatic carbocycles. The smallest absolute Gasteiger partial charge is 0.159 e. The van der Waals surface area contributed by atoms with Gasteiger partial charge in [0, 0.05) is 5.56 Å². The molecule has 0 amide bonds. The SMILES string of the molecule is COc1ccc(C=Cc2ccc(C(C)=O)cc2)cc1. The molecule has 2 rings (SSSR count). The normalized spacial score (nSPS) is 10.6. The highest BCUT2D eigenvalue weighted by atomic mass is 16.5. The van der Waals surface area contributed by atoms with Crippen LogP contribution in [0.15, 0.2) is 48.5 Å². The van der Waals surface area contributed by atoms with Crippen LogP contribution >= 0.6 is 0 Å². The molecule has 2 heteroatoms.